The first-order valence-corrected chi connectivity index (χ1v) is 6.48. The number of nitrogens with zero attached hydrogens (tertiary/aromatic N) is 3. The standard InChI is InChI=1S/C14H18N4O3/c1-5-15-13-16-12(17-14(18-13)21-4)9-7-6-8-10(19-2)11(9)20-3/h6-8H,5H2,1-4H3,(H,15,16,17,18). The molecule has 0 amide bonds. The highest BCUT2D eigenvalue weighted by atomic mass is 16.5. The minimum absolute atomic E-state index is 0.237. The molecule has 0 aliphatic rings. The van der Waals surface area contributed by atoms with E-state index in [0.29, 0.717) is 35.4 Å². The van der Waals surface area contributed by atoms with E-state index in [1.165, 1.54) is 7.11 Å². The van der Waals surface area contributed by atoms with Crippen molar-refractivity contribution in [3.8, 4) is 28.9 Å². The Labute approximate surface area is 123 Å². The summed E-state index contributed by atoms with van der Waals surface area (Å²) >= 11 is 0. The van der Waals surface area contributed by atoms with Crippen LogP contribution in [-0.4, -0.2) is 42.8 Å². The minimum atomic E-state index is 0.237. The number of anilines is 1. The smallest absolute Gasteiger partial charge is 0.321 e. The van der Waals surface area contributed by atoms with Crippen LogP contribution in [0, 0.1) is 0 Å². The number of hydrogen-bond donors (Lipinski definition) is 1. The van der Waals surface area contributed by atoms with E-state index in [1.807, 2.05) is 25.1 Å². The fourth-order valence-corrected chi connectivity index (χ4v) is 1.87. The Morgan fingerprint density at radius 1 is 1.00 bits per heavy atom. The van der Waals surface area contributed by atoms with Crippen molar-refractivity contribution in [2.24, 2.45) is 0 Å². The van der Waals surface area contributed by atoms with Crippen LogP contribution in [-0.2, 0) is 0 Å². The third-order valence-corrected chi connectivity index (χ3v) is 2.78. The van der Waals surface area contributed by atoms with Gasteiger partial charge in [0, 0.05) is 6.54 Å². The van der Waals surface area contributed by atoms with Gasteiger partial charge in [-0.05, 0) is 19.1 Å². The SMILES string of the molecule is CCNc1nc(OC)nc(-c2cccc(OC)c2OC)n1. The lowest BCUT2D eigenvalue weighted by Gasteiger charge is -2.12. The summed E-state index contributed by atoms with van der Waals surface area (Å²) in [6.07, 6.45) is 0. The van der Waals surface area contributed by atoms with Crippen LogP contribution in [0.5, 0.6) is 17.5 Å². The van der Waals surface area contributed by atoms with E-state index >= 15 is 0 Å². The van der Waals surface area contributed by atoms with Crippen molar-refractivity contribution in [3.05, 3.63) is 18.2 Å². The second-order valence-electron chi connectivity index (χ2n) is 4.04. The molecular formula is C14H18N4O3. The van der Waals surface area contributed by atoms with Crippen molar-refractivity contribution >= 4 is 5.95 Å². The van der Waals surface area contributed by atoms with Gasteiger partial charge in [-0.25, -0.2) is 0 Å². The summed E-state index contributed by atoms with van der Waals surface area (Å²) in [5, 5.41) is 3.04. The molecule has 2 aromatic rings. The molecule has 1 aromatic heterocycles. The molecule has 0 saturated heterocycles. The molecule has 0 radical (unpaired) electrons. The highest BCUT2D eigenvalue weighted by molar-refractivity contribution is 5.69. The van der Waals surface area contributed by atoms with Gasteiger partial charge in [-0.2, -0.15) is 15.0 Å². The summed E-state index contributed by atoms with van der Waals surface area (Å²) in [4.78, 5) is 12.8. The van der Waals surface area contributed by atoms with E-state index in [9.17, 15) is 0 Å². The molecule has 7 heteroatoms. The van der Waals surface area contributed by atoms with Crippen LogP contribution in [0.25, 0.3) is 11.4 Å². The van der Waals surface area contributed by atoms with Crippen LogP contribution in [0.4, 0.5) is 5.95 Å². The lowest BCUT2D eigenvalue weighted by atomic mass is 10.1. The molecule has 21 heavy (non-hydrogen) atoms. The maximum absolute atomic E-state index is 5.41. The van der Waals surface area contributed by atoms with Crippen molar-refractivity contribution in [2.75, 3.05) is 33.2 Å². The highest BCUT2D eigenvalue weighted by Crippen LogP contribution is 2.36. The second-order valence-corrected chi connectivity index (χ2v) is 4.04. The second kappa shape index (κ2) is 6.74. The summed E-state index contributed by atoms with van der Waals surface area (Å²) in [6.45, 7) is 2.66. The average molecular weight is 290 g/mol. The van der Waals surface area contributed by atoms with Crippen LogP contribution in [0.2, 0.25) is 0 Å². The highest BCUT2D eigenvalue weighted by Gasteiger charge is 2.16. The Morgan fingerprint density at radius 3 is 2.43 bits per heavy atom. The average Bonchev–Trinajstić information content (AvgIpc) is 2.53. The predicted octanol–water partition coefficient (Wildman–Crippen LogP) is 2.00. The Balaban J connectivity index is 2.57. The van der Waals surface area contributed by atoms with E-state index < -0.39 is 0 Å². The van der Waals surface area contributed by atoms with E-state index in [-0.39, 0.29) is 6.01 Å². The molecule has 0 unspecified atom stereocenters. The summed E-state index contributed by atoms with van der Waals surface area (Å²) in [7, 11) is 4.67. The van der Waals surface area contributed by atoms with Gasteiger partial charge >= 0.3 is 6.01 Å². The van der Waals surface area contributed by atoms with E-state index in [2.05, 4.69) is 20.3 Å². The molecule has 1 heterocycles. The van der Waals surface area contributed by atoms with Crippen molar-refractivity contribution in [1.82, 2.24) is 15.0 Å². The third-order valence-electron chi connectivity index (χ3n) is 2.78. The van der Waals surface area contributed by atoms with E-state index in [4.69, 9.17) is 14.2 Å². The number of nitrogens with one attached hydrogen (secondary N) is 1. The Hall–Kier alpha value is -2.57. The van der Waals surface area contributed by atoms with Gasteiger partial charge in [-0.1, -0.05) is 6.07 Å². The Morgan fingerprint density at radius 2 is 1.81 bits per heavy atom. The molecule has 1 aromatic carbocycles. The number of hydrogen-bond acceptors (Lipinski definition) is 7. The lowest BCUT2D eigenvalue weighted by molar-refractivity contribution is 0.355. The summed E-state index contributed by atoms with van der Waals surface area (Å²) in [6, 6.07) is 5.75. The zero-order valence-corrected chi connectivity index (χ0v) is 12.5. The number of methoxy groups -OCH3 is 3. The monoisotopic (exact) mass is 290 g/mol. The topological polar surface area (TPSA) is 78.4 Å². The third kappa shape index (κ3) is 3.13. The van der Waals surface area contributed by atoms with E-state index in [1.54, 1.807) is 14.2 Å². The molecule has 0 aliphatic heterocycles. The fourth-order valence-electron chi connectivity index (χ4n) is 1.87. The first kappa shape index (κ1) is 14.8. The quantitative estimate of drug-likeness (QED) is 0.871. The maximum Gasteiger partial charge on any atom is 0.321 e. The van der Waals surface area contributed by atoms with Gasteiger partial charge in [0.05, 0.1) is 26.9 Å². The van der Waals surface area contributed by atoms with Gasteiger partial charge in [0.15, 0.2) is 17.3 Å². The molecule has 1 N–H and O–H groups in total. The van der Waals surface area contributed by atoms with Gasteiger partial charge in [-0.3, -0.25) is 0 Å². The first-order valence-electron chi connectivity index (χ1n) is 6.48. The molecule has 112 valence electrons. The van der Waals surface area contributed by atoms with Crippen molar-refractivity contribution in [3.63, 3.8) is 0 Å². The van der Waals surface area contributed by atoms with Crippen LogP contribution < -0.4 is 19.5 Å². The molecule has 0 atom stereocenters. The first-order chi connectivity index (χ1) is 10.2. The molecule has 0 fully saturated rings. The fraction of sp³-hybridized carbons (Fsp3) is 0.357. The summed E-state index contributed by atoms with van der Waals surface area (Å²) < 4.78 is 15.8. The normalized spacial score (nSPS) is 10.1. The number of aromatic nitrogens is 3. The van der Waals surface area contributed by atoms with E-state index in [0.717, 1.165) is 0 Å². The summed E-state index contributed by atoms with van der Waals surface area (Å²) in [5.41, 5.74) is 0.705. The number of benzene rings is 1. The number of ether oxygens (including phenoxy) is 3. The molecular weight excluding hydrogens is 272 g/mol. The van der Waals surface area contributed by atoms with Gasteiger partial charge in [0.1, 0.15) is 0 Å². The Bertz CT molecular complexity index is 619. The largest absolute Gasteiger partial charge is 0.493 e. The minimum Gasteiger partial charge on any atom is -0.493 e. The van der Waals surface area contributed by atoms with Crippen LogP contribution in [0.3, 0.4) is 0 Å². The van der Waals surface area contributed by atoms with Gasteiger partial charge in [0.2, 0.25) is 5.95 Å². The molecule has 0 spiro atoms. The van der Waals surface area contributed by atoms with Crippen molar-refractivity contribution < 1.29 is 14.2 Å². The molecule has 0 saturated carbocycles. The van der Waals surface area contributed by atoms with Gasteiger partial charge in [-0.15, -0.1) is 0 Å². The number of rotatable bonds is 6. The number of para-hydroxylation sites is 1. The summed E-state index contributed by atoms with van der Waals surface area (Å²) in [5.74, 6) is 2.08. The van der Waals surface area contributed by atoms with Crippen LogP contribution >= 0.6 is 0 Å². The molecule has 7 nitrogen and oxygen atoms in total. The lowest BCUT2D eigenvalue weighted by Crippen LogP contribution is -2.06. The molecule has 0 aliphatic carbocycles. The van der Waals surface area contributed by atoms with Crippen LogP contribution in [0.15, 0.2) is 18.2 Å². The Kier molecular flexibility index (Phi) is 4.76. The molecule has 0 bridgehead atoms. The van der Waals surface area contributed by atoms with Gasteiger partial charge in [0.25, 0.3) is 0 Å². The molecule has 2 rings (SSSR count). The zero-order valence-electron chi connectivity index (χ0n) is 12.5. The van der Waals surface area contributed by atoms with Crippen molar-refractivity contribution in [1.29, 1.82) is 0 Å². The maximum atomic E-state index is 5.41. The van der Waals surface area contributed by atoms with Gasteiger partial charge < -0.3 is 19.5 Å². The predicted molar refractivity (Wildman–Crippen MR) is 79.1 cm³/mol. The zero-order chi connectivity index (χ0) is 15.2. The van der Waals surface area contributed by atoms with Crippen LogP contribution in [0.1, 0.15) is 6.92 Å². The van der Waals surface area contributed by atoms with Crippen molar-refractivity contribution in [2.45, 2.75) is 6.92 Å².